The molecule has 3 nitrogen and oxygen atoms in total. The summed E-state index contributed by atoms with van der Waals surface area (Å²) in [6.07, 6.45) is 1.28. The Morgan fingerprint density at radius 2 is 2.00 bits per heavy atom. The lowest BCUT2D eigenvalue weighted by atomic mass is 10.2. The van der Waals surface area contributed by atoms with Crippen LogP contribution in [0.25, 0.3) is 0 Å². The zero-order valence-corrected chi connectivity index (χ0v) is 11.4. The molecule has 0 atom stereocenters. The van der Waals surface area contributed by atoms with Crippen molar-refractivity contribution in [2.75, 3.05) is 11.9 Å². The van der Waals surface area contributed by atoms with Gasteiger partial charge >= 0.3 is 0 Å². The topological polar surface area (TPSA) is 33.2 Å². The van der Waals surface area contributed by atoms with E-state index in [-0.39, 0.29) is 21.4 Å². The monoisotopic (exact) mass is 298 g/mol. The molecule has 0 spiro atoms. The molecular weight excluding hydrogens is 290 g/mol. The predicted molar refractivity (Wildman–Crippen MR) is 73.4 cm³/mol. The Kier molecular flexibility index (Phi) is 4.02. The van der Waals surface area contributed by atoms with Crippen LogP contribution in [0.4, 0.5) is 10.1 Å². The molecule has 0 saturated heterocycles. The normalized spacial score (nSPS) is 10.3. The van der Waals surface area contributed by atoms with Gasteiger partial charge in [-0.05, 0) is 18.2 Å². The van der Waals surface area contributed by atoms with Crippen LogP contribution in [0.15, 0.2) is 36.5 Å². The average Bonchev–Trinajstić information content (AvgIpc) is 2.40. The molecule has 6 heteroatoms. The molecule has 0 aliphatic carbocycles. The molecule has 0 aliphatic heterocycles. The summed E-state index contributed by atoms with van der Waals surface area (Å²) in [4.78, 5) is 17.2. The van der Waals surface area contributed by atoms with Crippen molar-refractivity contribution in [2.24, 2.45) is 0 Å². The number of nitrogens with zero attached hydrogens (tertiary/aromatic N) is 2. The molecule has 0 unspecified atom stereocenters. The first kappa shape index (κ1) is 13.8. The number of benzene rings is 1. The van der Waals surface area contributed by atoms with Crippen LogP contribution >= 0.6 is 23.2 Å². The standard InChI is InChI=1S/C13H9Cl2FN2O/c1-18(11-5-3-2-4-10(11)16)13(19)8-6-12(15)17-7-9(8)14/h2-7H,1H3. The Morgan fingerprint density at radius 3 is 2.68 bits per heavy atom. The number of para-hydroxylation sites is 1. The van der Waals surface area contributed by atoms with Gasteiger partial charge in [0.25, 0.3) is 5.91 Å². The van der Waals surface area contributed by atoms with Gasteiger partial charge in [-0.3, -0.25) is 4.79 Å². The molecule has 19 heavy (non-hydrogen) atoms. The average molecular weight is 299 g/mol. The maximum absolute atomic E-state index is 13.6. The number of hydrogen-bond donors (Lipinski definition) is 0. The van der Waals surface area contributed by atoms with E-state index in [9.17, 15) is 9.18 Å². The summed E-state index contributed by atoms with van der Waals surface area (Å²) in [6.45, 7) is 0. The molecule has 1 aromatic carbocycles. The summed E-state index contributed by atoms with van der Waals surface area (Å²) in [6, 6.07) is 7.32. The van der Waals surface area contributed by atoms with Crippen LogP contribution < -0.4 is 4.90 Å². The minimum absolute atomic E-state index is 0.148. The van der Waals surface area contributed by atoms with E-state index in [0.29, 0.717) is 0 Å². The van der Waals surface area contributed by atoms with E-state index >= 15 is 0 Å². The van der Waals surface area contributed by atoms with Gasteiger partial charge in [-0.15, -0.1) is 0 Å². The number of carbonyl (C=O) groups excluding carboxylic acids is 1. The Bertz CT molecular complexity index is 634. The molecule has 1 amide bonds. The molecule has 2 aromatic rings. The third-order valence-corrected chi connectivity index (χ3v) is 3.08. The van der Waals surface area contributed by atoms with Gasteiger partial charge in [-0.2, -0.15) is 0 Å². The van der Waals surface area contributed by atoms with E-state index in [2.05, 4.69) is 4.98 Å². The van der Waals surface area contributed by atoms with Crippen molar-refractivity contribution in [3.05, 3.63) is 58.1 Å². The van der Waals surface area contributed by atoms with Crippen molar-refractivity contribution in [1.29, 1.82) is 0 Å². The van der Waals surface area contributed by atoms with Crippen molar-refractivity contribution in [1.82, 2.24) is 4.98 Å². The minimum atomic E-state index is -0.491. The zero-order chi connectivity index (χ0) is 14.0. The molecular formula is C13H9Cl2FN2O. The van der Waals surface area contributed by atoms with Crippen molar-refractivity contribution in [2.45, 2.75) is 0 Å². The molecule has 1 heterocycles. The summed E-state index contributed by atoms with van der Waals surface area (Å²) < 4.78 is 13.6. The van der Waals surface area contributed by atoms with Crippen molar-refractivity contribution >= 4 is 34.8 Å². The van der Waals surface area contributed by atoms with Crippen LogP contribution in [0.2, 0.25) is 10.2 Å². The van der Waals surface area contributed by atoms with Gasteiger partial charge in [0.15, 0.2) is 0 Å². The smallest absolute Gasteiger partial charge is 0.259 e. The lowest BCUT2D eigenvalue weighted by Crippen LogP contribution is -2.27. The van der Waals surface area contributed by atoms with Crippen LogP contribution in [0, 0.1) is 5.82 Å². The molecule has 98 valence electrons. The zero-order valence-electron chi connectivity index (χ0n) is 9.90. The number of carbonyl (C=O) groups is 1. The Morgan fingerprint density at radius 1 is 1.32 bits per heavy atom. The van der Waals surface area contributed by atoms with E-state index in [1.54, 1.807) is 12.1 Å². The van der Waals surface area contributed by atoms with E-state index in [0.717, 1.165) is 0 Å². The maximum Gasteiger partial charge on any atom is 0.259 e. The Labute approximate surface area is 119 Å². The predicted octanol–water partition coefficient (Wildman–Crippen LogP) is 3.80. The number of pyridine rings is 1. The lowest BCUT2D eigenvalue weighted by Gasteiger charge is -2.18. The maximum atomic E-state index is 13.6. The van der Waals surface area contributed by atoms with Gasteiger partial charge in [0.2, 0.25) is 0 Å². The summed E-state index contributed by atoms with van der Waals surface area (Å²) in [7, 11) is 1.46. The van der Waals surface area contributed by atoms with E-state index in [1.807, 2.05) is 0 Å². The van der Waals surface area contributed by atoms with Crippen LogP contribution in [0.1, 0.15) is 10.4 Å². The van der Waals surface area contributed by atoms with Crippen molar-refractivity contribution in [3.8, 4) is 0 Å². The molecule has 2 rings (SSSR count). The van der Waals surface area contributed by atoms with Crippen LogP contribution in [0.5, 0.6) is 0 Å². The molecule has 0 aliphatic rings. The van der Waals surface area contributed by atoms with Gasteiger partial charge in [-0.1, -0.05) is 35.3 Å². The summed E-state index contributed by atoms with van der Waals surface area (Å²) in [5, 5.41) is 0.312. The first-order chi connectivity index (χ1) is 9.00. The largest absolute Gasteiger partial charge is 0.309 e. The lowest BCUT2D eigenvalue weighted by molar-refractivity contribution is 0.0992. The fraction of sp³-hybridized carbons (Fsp3) is 0.0769. The molecule has 0 saturated carbocycles. The van der Waals surface area contributed by atoms with Gasteiger partial charge in [-0.25, -0.2) is 9.37 Å². The number of halogens is 3. The summed E-state index contributed by atoms with van der Waals surface area (Å²) >= 11 is 11.6. The minimum Gasteiger partial charge on any atom is -0.309 e. The molecule has 0 N–H and O–H groups in total. The fourth-order valence-corrected chi connectivity index (χ4v) is 1.93. The highest BCUT2D eigenvalue weighted by atomic mass is 35.5. The summed E-state index contributed by atoms with van der Waals surface area (Å²) in [5.41, 5.74) is 0.337. The van der Waals surface area contributed by atoms with Crippen molar-refractivity contribution in [3.63, 3.8) is 0 Å². The van der Waals surface area contributed by atoms with Crippen molar-refractivity contribution < 1.29 is 9.18 Å². The fourth-order valence-electron chi connectivity index (χ4n) is 1.59. The number of rotatable bonds is 2. The first-order valence-corrected chi connectivity index (χ1v) is 6.10. The quantitative estimate of drug-likeness (QED) is 0.790. The summed E-state index contributed by atoms with van der Waals surface area (Å²) in [5.74, 6) is -0.950. The number of aromatic nitrogens is 1. The SMILES string of the molecule is CN(C(=O)c1cc(Cl)ncc1Cl)c1ccccc1F. The van der Waals surface area contributed by atoms with E-state index in [4.69, 9.17) is 23.2 Å². The molecule has 0 radical (unpaired) electrons. The van der Waals surface area contributed by atoms with E-state index < -0.39 is 11.7 Å². The van der Waals surface area contributed by atoms with E-state index in [1.165, 1.54) is 36.3 Å². The molecule has 0 fully saturated rings. The highest BCUT2D eigenvalue weighted by molar-refractivity contribution is 6.35. The Hall–Kier alpha value is -1.65. The second kappa shape index (κ2) is 5.55. The van der Waals surface area contributed by atoms with Gasteiger partial charge in [0.1, 0.15) is 11.0 Å². The first-order valence-electron chi connectivity index (χ1n) is 5.34. The highest BCUT2D eigenvalue weighted by Gasteiger charge is 2.19. The second-order valence-corrected chi connectivity index (χ2v) is 4.60. The Balaban J connectivity index is 2.39. The third-order valence-electron chi connectivity index (χ3n) is 2.57. The highest BCUT2D eigenvalue weighted by Crippen LogP contribution is 2.23. The number of amides is 1. The van der Waals surface area contributed by atoms with Gasteiger partial charge < -0.3 is 4.90 Å². The van der Waals surface area contributed by atoms with Crippen LogP contribution in [0.3, 0.4) is 0 Å². The molecule has 0 bridgehead atoms. The third kappa shape index (κ3) is 2.85. The van der Waals surface area contributed by atoms with Crippen LogP contribution in [-0.2, 0) is 0 Å². The van der Waals surface area contributed by atoms with Gasteiger partial charge in [0.05, 0.1) is 16.3 Å². The van der Waals surface area contributed by atoms with Crippen LogP contribution in [-0.4, -0.2) is 17.9 Å². The molecule has 1 aromatic heterocycles. The number of anilines is 1. The number of hydrogen-bond acceptors (Lipinski definition) is 2. The van der Waals surface area contributed by atoms with Gasteiger partial charge in [0, 0.05) is 13.2 Å². The second-order valence-electron chi connectivity index (χ2n) is 3.80.